The van der Waals surface area contributed by atoms with E-state index < -0.39 is 0 Å². The fourth-order valence-electron chi connectivity index (χ4n) is 2.14. The normalized spacial score (nSPS) is 16.1. The van der Waals surface area contributed by atoms with Crippen LogP contribution in [-0.4, -0.2) is 35.4 Å². The number of nitrogens with two attached hydrogens (primary N) is 1. The molecule has 1 aliphatic rings. The van der Waals surface area contributed by atoms with Crippen molar-refractivity contribution in [2.45, 2.75) is 38.7 Å². The van der Waals surface area contributed by atoms with E-state index in [1.54, 1.807) is 6.92 Å². The molecule has 100 valence electrons. The number of aryl methyl sites for hydroxylation is 1. The predicted octanol–water partition coefficient (Wildman–Crippen LogP) is 0.989. The minimum atomic E-state index is -0.258. The third kappa shape index (κ3) is 3.01. The summed E-state index contributed by atoms with van der Waals surface area (Å²) in [4.78, 5) is 11.7. The molecule has 1 heterocycles. The largest absolute Gasteiger partial charge is 0.395 e. The molecule has 0 aromatic carbocycles. The van der Waals surface area contributed by atoms with E-state index >= 15 is 0 Å². The van der Waals surface area contributed by atoms with Crippen LogP contribution in [0, 0.1) is 6.92 Å². The number of nitrogen functional groups attached to an aromatic ring is 1. The van der Waals surface area contributed by atoms with E-state index in [9.17, 15) is 4.79 Å². The maximum absolute atomic E-state index is 11.7. The summed E-state index contributed by atoms with van der Waals surface area (Å²) in [7, 11) is 0. The lowest BCUT2D eigenvalue weighted by atomic mass is 10.3. The number of carbonyl (C=O) groups is 1. The zero-order valence-corrected chi connectivity index (χ0v) is 10.7. The Hall–Kier alpha value is -1.56. The van der Waals surface area contributed by atoms with Crippen LogP contribution in [0.4, 0.5) is 5.69 Å². The summed E-state index contributed by atoms with van der Waals surface area (Å²) in [5.41, 5.74) is 7.10. The number of carbonyl (C=O) groups excluding carboxylic acids is 1. The second-order valence-corrected chi connectivity index (χ2v) is 4.64. The Morgan fingerprint density at radius 2 is 2.28 bits per heavy atom. The van der Waals surface area contributed by atoms with Crippen molar-refractivity contribution in [2.24, 2.45) is 0 Å². The van der Waals surface area contributed by atoms with Crippen LogP contribution in [0.1, 0.15) is 41.9 Å². The number of anilines is 1. The molecule has 4 N–H and O–H groups in total. The molecule has 2 rings (SSSR count). The molecule has 0 atom stereocenters. The number of aromatic nitrogens is 2. The van der Waals surface area contributed by atoms with Crippen molar-refractivity contribution in [1.29, 1.82) is 0 Å². The number of ether oxygens (including phenoxy) is 1. The smallest absolute Gasteiger partial charge is 0.274 e. The van der Waals surface area contributed by atoms with Crippen LogP contribution in [0.2, 0.25) is 0 Å². The monoisotopic (exact) mass is 252 g/mol. The molecule has 6 nitrogen and oxygen atoms in total. The Labute approximate surface area is 106 Å². The van der Waals surface area contributed by atoms with E-state index in [1.165, 1.54) is 12.8 Å². The summed E-state index contributed by atoms with van der Waals surface area (Å²) in [5, 5.41) is 9.31. The zero-order chi connectivity index (χ0) is 13.0. The highest BCUT2D eigenvalue weighted by Crippen LogP contribution is 2.20. The van der Waals surface area contributed by atoms with Gasteiger partial charge >= 0.3 is 0 Å². The molecule has 1 amide bonds. The van der Waals surface area contributed by atoms with E-state index in [4.69, 9.17) is 10.5 Å². The number of nitrogens with zero attached hydrogens (tertiary/aromatic N) is 1. The molecular formula is C12H20N4O2. The van der Waals surface area contributed by atoms with Gasteiger partial charge < -0.3 is 15.8 Å². The number of aromatic amines is 1. The van der Waals surface area contributed by atoms with Gasteiger partial charge in [-0.2, -0.15) is 5.10 Å². The van der Waals surface area contributed by atoms with Crippen LogP contribution in [0.25, 0.3) is 0 Å². The minimum absolute atomic E-state index is 0.258. The van der Waals surface area contributed by atoms with Crippen LogP contribution >= 0.6 is 0 Å². The van der Waals surface area contributed by atoms with Crippen LogP contribution in [0.5, 0.6) is 0 Å². The second kappa shape index (κ2) is 5.86. The fourth-order valence-corrected chi connectivity index (χ4v) is 2.14. The van der Waals surface area contributed by atoms with Gasteiger partial charge in [0.15, 0.2) is 5.69 Å². The van der Waals surface area contributed by atoms with Gasteiger partial charge in [0.2, 0.25) is 0 Å². The summed E-state index contributed by atoms with van der Waals surface area (Å²) in [6.45, 7) is 2.81. The SMILES string of the molecule is Cc1[nH]nc(C(=O)NCCOC2CCCC2)c1N. The first-order valence-electron chi connectivity index (χ1n) is 6.38. The van der Waals surface area contributed by atoms with Gasteiger partial charge in [0.25, 0.3) is 5.91 Å². The van der Waals surface area contributed by atoms with E-state index in [-0.39, 0.29) is 11.6 Å². The summed E-state index contributed by atoms with van der Waals surface area (Å²) >= 11 is 0. The van der Waals surface area contributed by atoms with Gasteiger partial charge in [0.05, 0.1) is 24.1 Å². The zero-order valence-electron chi connectivity index (χ0n) is 10.7. The Morgan fingerprint density at radius 3 is 2.89 bits per heavy atom. The summed E-state index contributed by atoms with van der Waals surface area (Å²) in [6.07, 6.45) is 5.15. The van der Waals surface area contributed by atoms with E-state index in [1.807, 2.05) is 0 Å². The van der Waals surface area contributed by atoms with Crippen LogP contribution < -0.4 is 11.1 Å². The summed E-state index contributed by atoms with van der Waals surface area (Å²) < 4.78 is 5.65. The van der Waals surface area contributed by atoms with Crippen LogP contribution in [-0.2, 0) is 4.74 Å². The van der Waals surface area contributed by atoms with Crippen molar-refractivity contribution >= 4 is 11.6 Å². The average Bonchev–Trinajstić information content (AvgIpc) is 2.97. The molecule has 0 spiro atoms. The van der Waals surface area contributed by atoms with Gasteiger partial charge in [-0.15, -0.1) is 0 Å². The maximum Gasteiger partial charge on any atom is 0.274 e. The lowest BCUT2D eigenvalue weighted by molar-refractivity contribution is 0.0581. The van der Waals surface area contributed by atoms with Crippen LogP contribution in [0.3, 0.4) is 0 Å². The molecule has 0 aliphatic heterocycles. The number of amides is 1. The molecule has 18 heavy (non-hydrogen) atoms. The van der Waals surface area contributed by atoms with Crippen molar-refractivity contribution in [3.8, 4) is 0 Å². The topological polar surface area (TPSA) is 93.0 Å². The first-order chi connectivity index (χ1) is 8.68. The minimum Gasteiger partial charge on any atom is -0.395 e. The number of hydrogen-bond acceptors (Lipinski definition) is 4. The highest BCUT2D eigenvalue weighted by atomic mass is 16.5. The lowest BCUT2D eigenvalue weighted by Gasteiger charge is -2.11. The third-order valence-electron chi connectivity index (χ3n) is 3.25. The van der Waals surface area contributed by atoms with Crippen molar-refractivity contribution in [3.63, 3.8) is 0 Å². The number of nitrogens with one attached hydrogen (secondary N) is 2. The molecule has 0 bridgehead atoms. The van der Waals surface area contributed by atoms with Crippen molar-refractivity contribution in [1.82, 2.24) is 15.5 Å². The van der Waals surface area contributed by atoms with Crippen molar-refractivity contribution in [2.75, 3.05) is 18.9 Å². The molecular weight excluding hydrogens is 232 g/mol. The second-order valence-electron chi connectivity index (χ2n) is 4.64. The van der Waals surface area contributed by atoms with Gasteiger partial charge in [0, 0.05) is 6.54 Å². The number of H-pyrrole nitrogens is 1. The predicted molar refractivity (Wildman–Crippen MR) is 68.3 cm³/mol. The Bertz CT molecular complexity index is 410. The lowest BCUT2D eigenvalue weighted by Crippen LogP contribution is -2.29. The quantitative estimate of drug-likeness (QED) is 0.681. The van der Waals surface area contributed by atoms with Gasteiger partial charge in [-0.25, -0.2) is 0 Å². The fraction of sp³-hybridized carbons (Fsp3) is 0.667. The highest BCUT2D eigenvalue weighted by molar-refractivity contribution is 5.97. The standard InChI is InChI=1S/C12H20N4O2/c1-8-10(13)11(16-15-8)12(17)14-6-7-18-9-4-2-3-5-9/h9H,2-7,13H2,1H3,(H,14,17)(H,15,16). The molecule has 1 fully saturated rings. The van der Waals surface area contributed by atoms with E-state index in [2.05, 4.69) is 15.5 Å². The van der Waals surface area contributed by atoms with Crippen molar-refractivity contribution in [3.05, 3.63) is 11.4 Å². The Morgan fingerprint density at radius 1 is 1.56 bits per heavy atom. The molecule has 1 saturated carbocycles. The van der Waals surface area contributed by atoms with Crippen LogP contribution in [0.15, 0.2) is 0 Å². The third-order valence-corrected chi connectivity index (χ3v) is 3.25. The van der Waals surface area contributed by atoms with Gasteiger partial charge in [-0.05, 0) is 19.8 Å². The molecule has 1 aromatic heterocycles. The van der Waals surface area contributed by atoms with Gasteiger partial charge in [0.1, 0.15) is 0 Å². The Kier molecular flexibility index (Phi) is 4.19. The molecule has 1 aliphatic carbocycles. The first-order valence-corrected chi connectivity index (χ1v) is 6.38. The summed E-state index contributed by atoms with van der Waals surface area (Å²) in [5.74, 6) is -0.258. The molecule has 0 radical (unpaired) electrons. The van der Waals surface area contributed by atoms with E-state index in [0.29, 0.717) is 30.6 Å². The number of rotatable bonds is 5. The Balaban J connectivity index is 1.70. The molecule has 1 aromatic rings. The molecule has 0 saturated heterocycles. The number of hydrogen-bond donors (Lipinski definition) is 3. The first kappa shape index (κ1) is 12.9. The molecule has 6 heteroatoms. The van der Waals surface area contributed by atoms with Crippen molar-refractivity contribution < 1.29 is 9.53 Å². The molecule has 0 unspecified atom stereocenters. The average molecular weight is 252 g/mol. The van der Waals surface area contributed by atoms with Gasteiger partial charge in [-0.1, -0.05) is 12.8 Å². The maximum atomic E-state index is 11.7. The summed E-state index contributed by atoms with van der Waals surface area (Å²) in [6, 6.07) is 0. The van der Waals surface area contributed by atoms with E-state index in [0.717, 1.165) is 12.8 Å². The van der Waals surface area contributed by atoms with Gasteiger partial charge in [-0.3, -0.25) is 9.89 Å². The highest BCUT2D eigenvalue weighted by Gasteiger charge is 2.16.